The highest BCUT2D eigenvalue weighted by Crippen LogP contribution is 2.68. The lowest BCUT2D eigenvalue weighted by molar-refractivity contribution is -0.913. The van der Waals surface area contributed by atoms with Crippen LogP contribution in [0.1, 0.15) is 98.3 Å². The Morgan fingerprint density at radius 3 is 2.44 bits per heavy atom. The van der Waals surface area contributed by atoms with Crippen LogP contribution in [-0.2, 0) is 4.79 Å². The summed E-state index contributed by atoms with van der Waals surface area (Å²) in [6.45, 7) is 14.8. The van der Waals surface area contributed by atoms with Crippen LogP contribution in [0.2, 0.25) is 0 Å². The molecule has 0 radical (unpaired) electrons. The number of halogens is 1. The van der Waals surface area contributed by atoms with Crippen LogP contribution in [0.4, 0.5) is 0 Å². The largest absolute Gasteiger partial charge is 1.00 e. The van der Waals surface area contributed by atoms with Crippen LogP contribution in [0.15, 0.2) is 0 Å². The highest BCUT2D eigenvalue weighted by Gasteiger charge is 2.65. The van der Waals surface area contributed by atoms with E-state index < -0.39 is 0 Å². The van der Waals surface area contributed by atoms with Crippen LogP contribution in [0.3, 0.4) is 0 Å². The molecule has 5 rings (SSSR count). The molecule has 4 aliphatic carbocycles. The molecule has 4 saturated carbocycles. The van der Waals surface area contributed by atoms with Gasteiger partial charge in [0, 0.05) is 19.3 Å². The molecule has 5 fully saturated rings. The summed E-state index contributed by atoms with van der Waals surface area (Å²) in [6, 6.07) is 0. The second-order valence-corrected chi connectivity index (χ2v) is 14.9. The molecule has 0 unspecified atom stereocenters. The van der Waals surface area contributed by atoms with Crippen molar-refractivity contribution in [1.29, 1.82) is 0 Å². The first kappa shape index (κ1) is 32.0. The number of hydrogen-bond acceptors (Lipinski definition) is 4. The van der Waals surface area contributed by atoms with Crippen LogP contribution in [-0.4, -0.2) is 76.7 Å². The minimum absolute atomic E-state index is 0. The lowest BCUT2D eigenvalue weighted by Crippen LogP contribution is -3.00. The van der Waals surface area contributed by atoms with E-state index in [1.165, 1.54) is 25.9 Å². The standard InChI is InChI=1S/C32H56N2O4.HI/c1-5-34(15-6-7-16-34)17-14-33-29(38)11-8-21(2)24-9-10-25-30-26(20-28(37)32(24,25)4)31(3)13-12-23(35)18-22(31)19-27(30)36;/h21-28,30,35-37H,5-20H2,1-4H3;1H/t21-,22+,23-,24-,25+,26+,27-,28+,30+,31+,32-;/m1./s1. The molecule has 226 valence electrons. The highest BCUT2D eigenvalue weighted by molar-refractivity contribution is 5.75. The van der Waals surface area contributed by atoms with Crippen LogP contribution in [0.5, 0.6) is 0 Å². The zero-order valence-corrected chi connectivity index (χ0v) is 27.2. The number of hydrogen-bond donors (Lipinski definition) is 4. The number of likely N-dealkylation sites (tertiary alicyclic amines) is 1. The van der Waals surface area contributed by atoms with E-state index in [1.54, 1.807) is 0 Å². The molecule has 6 nitrogen and oxygen atoms in total. The number of aliphatic hydroxyl groups is 3. The van der Waals surface area contributed by atoms with Crippen molar-refractivity contribution in [2.45, 2.75) is 117 Å². The van der Waals surface area contributed by atoms with Crippen molar-refractivity contribution in [3.8, 4) is 0 Å². The molecular weight excluding hydrogens is 603 g/mol. The number of amides is 1. The van der Waals surface area contributed by atoms with Crippen molar-refractivity contribution >= 4 is 5.91 Å². The number of carbonyl (C=O) groups excluding carboxylic acids is 1. The predicted molar refractivity (Wildman–Crippen MR) is 150 cm³/mol. The summed E-state index contributed by atoms with van der Waals surface area (Å²) in [7, 11) is 0. The van der Waals surface area contributed by atoms with Gasteiger partial charge < -0.3 is 49.1 Å². The molecule has 1 aliphatic heterocycles. The number of nitrogens with zero attached hydrogens (tertiary/aromatic N) is 1. The molecule has 0 aromatic heterocycles. The van der Waals surface area contributed by atoms with E-state index >= 15 is 0 Å². The van der Waals surface area contributed by atoms with E-state index in [2.05, 4.69) is 33.0 Å². The van der Waals surface area contributed by atoms with E-state index in [9.17, 15) is 20.1 Å². The Balaban J connectivity index is 0.00000353. The van der Waals surface area contributed by atoms with Gasteiger partial charge in [-0.2, -0.15) is 0 Å². The summed E-state index contributed by atoms with van der Waals surface area (Å²) in [5, 5.41) is 36.8. The number of rotatable bonds is 8. The van der Waals surface area contributed by atoms with Crippen LogP contribution >= 0.6 is 0 Å². The van der Waals surface area contributed by atoms with Crippen LogP contribution in [0, 0.1) is 46.3 Å². The first-order valence-electron chi connectivity index (χ1n) is 16.2. The summed E-state index contributed by atoms with van der Waals surface area (Å²) >= 11 is 0. The van der Waals surface area contributed by atoms with Gasteiger partial charge in [0.1, 0.15) is 0 Å². The van der Waals surface area contributed by atoms with Gasteiger partial charge in [-0.25, -0.2) is 0 Å². The van der Waals surface area contributed by atoms with Crippen molar-refractivity contribution < 1.29 is 48.6 Å². The van der Waals surface area contributed by atoms with Gasteiger partial charge in [0.2, 0.25) is 5.91 Å². The zero-order valence-electron chi connectivity index (χ0n) is 25.1. The average Bonchev–Trinajstić information content (AvgIpc) is 3.50. The Kier molecular flexibility index (Phi) is 10.1. The number of fused-ring (bicyclic) bond motifs is 5. The van der Waals surface area contributed by atoms with E-state index in [1.807, 2.05) is 0 Å². The summed E-state index contributed by atoms with van der Waals surface area (Å²) < 4.78 is 1.16. The minimum Gasteiger partial charge on any atom is -1.00 e. The summed E-state index contributed by atoms with van der Waals surface area (Å²) in [6.07, 6.45) is 9.54. The van der Waals surface area contributed by atoms with Gasteiger partial charge in [-0.3, -0.25) is 4.79 Å². The van der Waals surface area contributed by atoms with Crippen molar-refractivity contribution in [1.82, 2.24) is 5.32 Å². The third-order valence-corrected chi connectivity index (χ3v) is 13.4. The SMILES string of the molecule is CC[N+]1(CCNC(=O)CC[C@@H](C)[C@H]2CC[C@H]3[C@@H]4[C@H](O)C[C@@H]5C[C@H](O)CC[C@]5(C)[C@H]4C[C@H](O)[C@]23C)CCCC1.[I-]. The molecule has 1 amide bonds. The van der Waals surface area contributed by atoms with Gasteiger partial charge in [0.05, 0.1) is 51.0 Å². The summed E-state index contributed by atoms with van der Waals surface area (Å²) in [4.78, 5) is 12.8. The maximum atomic E-state index is 12.8. The molecule has 0 aromatic rings. The third kappa shape index (κ3) is 5.71. The van der Waals surface area contributed by atoms with Crippen molar-refractivity contribution in [2.24, 2.45) is 46.3 Å². The van der Waals surface area contributed by atoms with Gasteiger partial charge >= 0.3 is 0 Å². The van der Waals surface area contributed by atoms with E-state index in [0.717, 1.165) is 75.5 Å². The number of nitrogens with one attached hydrogen (secondary N) is 1. The van der Waals surface area contributed by atoms with Crippen molar-refractivity contribution in [3.63, 3.8) is 0 Å². The van der Waals surface area contributed by atoms with E-state index in [4.69, 9.17) is 0 Å². The lowest BCUT2D eigenvalue weighted by Gasteiger charge is -2.63. The molecule has 4 N–H and O–H groups in total. The van der Waals surface area contributed by atoms with Gasteiger partial charge in [-0.15, -0.1) is 0 Å². The maximum absolute atomic E-state index is 12.8. The van der Waals surface area contributed by atoms with E-state index in [0.29, 0.717) is 36.0 Å². The monoisotopic (exact) mass is 660 g/mol. The van der Waals surface area contributed by atoms with Gasteiger partial charge in [0.25, 0.3) is 0 Å². The fourth-order valence-corrected chi connectivity index (χ4v) is 10.9. The molecule has 1 saturated heterocycles. The summed E-state index contributed by atoms with van der Waals surface area (Å²) in [5.41, 5.74) is -0.0797. The predicted octanol–water partition coefficient (Wildman–Crippen LogP) is 1.11. The third-order valence-electron chi connectivity index (χ3n) is 13.4. The zero-order chi connectivity index (χ0) is 27.3. The van der Waals surface area contributed by atoms with Gasteiger partial charge in [-0.05, 0) is 105 Å². The Hall–Kier alpha value is 0.0400. The smallest absolute Gasteiger partial charge is 0.220 e. The Bertz CT molecular complexity index is 852. The normalized spacial score (nSPS) is 45.4. The molecule has 7 heteroatoms. The molecule has 1 heterocycles. The molecule has 5 aliphatic rings. The fraction of sp³-hybridized carbons (Fsp3) is 0.969. The van der Waals surface area contributed by atoms with Crippen molar-refractivity contribution in [3.05, 3.63) is 0 Å². The Morgan fingerprint density at radius 2 is 1.74 bits per heavy atom. The summed E-state index contributed by atoms with van der Waals surface area (Å²) in [5.74, 6) is 2.22. The number of likely N-dealkylation sites (N-methyl/N-ethyl adjacent to an activating group) is 1. The first-order valence-corrected chi connectivity index (χ1v) is 16.2. The lowest BCUT2D eigenvalue weighted by atomic mass is 9.43. The quantitative estimate of drug-likeness (QED) is 0.232. The molecule has 0 aromatic carbocycles. The fourth-order valence-electron chi connectivity index (χ4n) is 10.9. The molecule has 11 atom stereocenters. The molecule has 39 heavy (non-hydrogen) atoms. The van der Waals surface area contributed by atoms with Gasteiger partial charge in [-0.1, -0.05) is 20.8 Å². The van der Waals surface area contributed by atoms with Crippen LogP contribution < -0.4 is 29.3 Å². The second kappa shape index (κ2) is 12.3. The molecule has 0 bridgehead atoms. The first-order chi connectivity index (χ1) is 18.0. The number of aliphatic hydroxyl groups excluding tert-OH is 3. The topological polar surface area (TPSA) is 89.8 Å². The maximum Gasteiger partial charge on any atom is 0.220 e. The number of carbonyl (C=O) groups is 1. The van der Waals surface area contributed by atoms with E-state index in [-0.39, 0.29) is 64.9 Å². The van der Waals surface area contributed by atoms with Crippen molar-refractivity contribution in [2.75, 3.05) is 32.7 Å². The molecule has 0 spiro atoms. The van der Waals surface area contributed by atoms with Crippen LogP contribution in [0.25, 0.3) is 0 Å². The Labute approximate surface area is 254 Å². The highest BCUT2D eigenvalue weighted by atomic mass is 127. The number of quaternary nitrogens is 1. The minimum atomic E-state index is -0.360. The average molecular weight is 661 g/mol. The molecular formula is C32H57IN2O4. The van der Waals surface area contributed by atoms with Gasteiger partial charge in [0.15, 0.2) is 0 Å². The second-order valence-electron chi connectivity index (χ2n) is 14.9. The Morgan fingerprint density at radius 1 is 1.03 bits per heavy atom.